The highest BCUT2D eigenvalue weighted by molar-refractivity contribution is 6.30. The third kappa shape index (κ3) is 5.75. The summed E-state index contributed by atoms with van der Waals surface area (Å²) in [5.74, 6) is -2.58. The van der Waals surface area contributed by atoms with Gasteiger partial charge in [-0.1, -0.05) is 41.9 Å². The minimum Gasteiger partial charge on any atom is -0.454 e. The van der Waals surface area contributed by atoms with Crippen LogP contribution in [0.2, 0.25) is 5.02 Å². The summed E-state index contributed by atoms with van der Waals surface area (Å²) in [6.07, 6.45) is -0.159. The number of imide groups is 1. The molecule has 1 aliphatic rings. The molecule has 3 amide bonds. The third-order valence-electron chi connectivity index (χ3n) is 6.38. The van der Waals surface area contributed by atoms with Crippen molar-refractivity contribution >= 4 is 57.5 Å². The summed E-state index contributed by atoms with van der Waals surface area (Å²) < 4.78 is 5.09. The van der Waals surface area contributed by atoms with Crippen molar-refractivity contribution in [3.8, 4) is 0 Å². The maximum atomic E-state index is 12.9. The molecule has 1 unspecified atom stereocenters. The first-order valence-corrected chi connectivity index (χ1v) is 12.7. The normalized spacial score (nSPS) is 14.8. The van der Waals surface area contributed by atoms with Gasteiger partial charge in [-0.25, -0.2) is 15.1 Å². The van der Waals surface area contributed by atoms with E-state index in [9.17, 15) is 24.0 Å². The molecule has 0 aromatic heterocycles. The molecule has 10 heteroatoms. The molecular formula is C30H22ClN3O6. The van der Waals surface area contributed by atoms with Gasteiger partial charge in [0, 0.05) is 16.1 Å². The number of ketones is 1. The van der Waals surface area contributed by atoms with E-state index in [1.165, 1.54) is 36.4 Å². The molecule has 200 valence electrons. The van der Waals surface area contributed by atoms with E-state index in [1.807, 2.05) is 30.3 Å². The van der Waals surface area contributed by atoms with Crippen molar-refractivity contribution in [2.24, 2.45) is 0 Å². The first-order valence-electron chi connectivity index (χ1n) is 12.3. The highest BCUT2D eigenvalue weighted by Gasteiger charge is 2.39. The Labute approximate surface area is 233 Å². The number of nitrogens with one attached hydrogen (secondary N) is 2. The molecule has 1 fully saturated rings. The number of nitrogens with zero attached hydrogens (tertiary/aromatic N) is 1. The Bertz CT molecular complexity index is 1640. The lowest BCUT2D eigenvalue weighted by molar-refractivity contribution is -0.121. The number of esters is 1. The van der Waals surface area contributed by atoms with E-state index in [0.29, 0.717) is 16.1 Å². The number of amides is 3. The molecule has 2 N–H and O–H groups in total. The molecule has 0 bridgehead atoms. The summed E-state index contributed by atoms with van der Waals surface area (Å²) in [6, 6.07) is 23.7. The lowest BCUT2D eigenvalue weighted by Crippen LogP contribution is -2.48. The Kier molecular flexibility index (Phi) is 7.68. The molecule has 4 aromatic carbocycles. The Balaban J connectivity index is 1.17. The van der Waals surface area contributed by atoms with Gasteiger partial charge in [0.15, 0.2) is 12.4 Å². The lowest BCUT2D eigenvalue weighted by atomic mass is 10.1. The summed E-state index contributed by atoms with van der Waals surface area (Å²) in [4.78, 5) is 63.8. The highest BCUT2D eigenvalue weighted by atomic mass is 35.5. The van der Waals surface area contributed by atoms with Crippen LogP contribution < -0.4 is 15.8 Å². The summed E-state index contributed by atoms with van der Waals surface area (Å²) in [7, 11) is 0. The Morgan fingerprint density at radius 3 is 2.20 bits per heavy atom. The standard InChI is InChI=1S/C30H22ClN3O6/c31-23-11-7-19(8-12-23)26(35)17-40-30(39)20-9-13-24(14-10-20)34-27(36)16-25(29(34)38)32-33-28(37)22-6-5-18-3-1-2-4-21(18)15-22/h1-15,25,32H,16-17H2,(H,33,37). The van der Waals surface area contributed by atoms with Gasteiger partial charge >= 0.3 is 5.97 Å². The van der Waals surface area contributed by atoms with Gasteiger partial charge in [0.05, 0.1) is 17.7 Å². The molecule has 1 saturated heterocycles. The zero-order chi connectivity index (χ0) is 28.2. The van der Waals surface area contributed by atoms with Crippen LogP contribution in [0.3, 0.4) is 0 Å². The van der Waals surface area contributed by atoms with E-state index >= 15 is 0 Å². The molecule has 0 saturated carbocycles. The maximum Gasteiger partial charge on any atom is 0.338 e. The van der Waals surface area contributed by atoms with E-state index in [1.54, 1.807) is 24.3 Å². The number of ether oxygens (including phenoxy) is 1. The van der Waals surface area contributed by atoms with E-state index in [0.717, 1.165) is 15.7 Å². The van der Waals surface area contributed by atoms with Crippen molar-refractivity contribution in [2.45, 2.75) is 12.5 Å². The largest absolute Gasteiger partial charge is 0.454 e. The van der Waals surface area contributed by atoms with Crippen LogP contribution >= 0.6 is 11.6 Å². The molecular weight excluding hydrogens is 534 g/mol. The molecule has 1 heterocycles. The fourth-order valence-electron chi connectivity index (χ4n) is 4.25. The highest BCUT2D eigenvalue weighted by Crippen LogP contribution is 2.24. The molecule has 5 rings (SSSR count). The SMILES string of the molecule is O=C(COC(=O)c1ccc(N2C(=O)CC(NNC(=O)c3ccc4ccccc4c3)C2=O)cc1)c1ccc(Cl)cc1. The van der Waals surface area contributed by atoms with Gasteiger partial charge in [0.1, 0.15) is 6.04 Å². The molecule has 0 spiro atoms. The van der Waals surface area contributed by atoms with Crippen molar-refractivity contribution in [1.29, 1.82) is 0 Å². The van der Waals surface area contributed by atoms with Gasteiger partial charge in [-0.05, 0) is 71.4 Å². The Hall–Kier alpha value is -4.86. The molecule has 1 atom stereocenters. The van der Waals surface area contributed by atoms with Crippen molar-refractivity contribution in [3.63, 3.8) is 0 Å². The number of benzene rings is 4. The number of carbonyl (C=O) groups excluding carboxylic acids is 5. The monoisotopic (exact) mass is 555 g/mol. The smallest absolute Gasteiger partial charge is 0.338 e. The number of hydrogen-bond donors (Lipinski definition) is 2. The quantitative estimate of drug-likeness (QED) is 0.145. The fourth-order valence-corrected chi connectivity index (χ4v) is 4.38. The average Bonchev–Trinajstić information content (AvgIpc) is 3.26. The molecule has 9 nitrogen and oxygen atoms in total. The predicted molar refractivity (Wildman–Crippen MR) is 148 cm³/mol. The van der Waals surface area contributed by atoms with E-state index < -0.39 is 36.3 Å². The molecule has 4 aromatic rings. The number of anilines is 1. The fraction of sp³-hybridized carbons (Fsp3) is 0.100. The van der Waals surface area contributed by atoms with Crippen LogP contribution in [0, 0.1) is 0 Å². The topological polar surface area (TPSA) is 122 Å². The van der Waals surface area contributed by atoms with E-state index in [2.05, 4.69) is 10.9 Å². The molecule has 1 aliphatic heterocycles. The van der Waals surface area contributed by atoms with Crippen molar-refractivity contribution in [2.75, 3.05) is 11.5 Å². The lowest BCUT2D eigenvalue weighted by Gasteiger charge is -2.16. The minimum atomic E-state index is -0.958. The second-order valence-electron chi connectivity index (χ2n) is 9.04. The number of hydrazine groups is 1. The maximum absolute atomic E-state index is 12.9. The number of Topliss-reactive ketones (excluding diaryl/α,β-unsaturated/α-hetero) is 1. The van der Waals surface area contributed by atoms with Crippen LogP contribution in [0.15, 0.2) is 91.0 Å². The van der Waals surface area contributed by atoms with Crippen LogP contribution in [-0.4, -0.2) is 42.1 Å². The first kappa shape index (κ1) is 26.7. The van der Waals surface area contributed by atoms with Crippen LogP contribution in [0.4, 0.5) is 5.69 Å². The van der Waals surface area contributed by atoms with Crippen LogP contribution in [0.25, 0.3) is 10.8 Å². The van der Waals surface area contributed by atoms with E-state index in [-0.39, 0.29) is 23.5 Å². The zero-order valence-electron chi connectivity index (χ0n) is 20.9. The number of fused-ring (bicyclic) bond motifs is 1. The second-order valence-corrected chi connectivity index (χ2v) is 9.47. The van der Waals surface area contributed by atoms with Crippen molar-refractivity contribution in [3.05, 3.63) is 113 Å². The number of carbonyl (C=O) groups is 5. The van der Waals surface area contributed by atoms with Gasteiger partial charge < -0.3 is 4.74 Å². The average molecular weight is 556 g/mol. The number of hydrogen-bond acceptors (Lipinski definition) is 7. The summed E-state index contributed by atoms with van der Waals surface area (Å²) in [5.41, 5.74) is 6.32. The third-order valence-corrected chi connectivity index (χ3v) is 6.63. The predicted octanol–water partition coefficient (Wildman–Crippen LogP) is 4.10. The van der Waals surface area contributed by atoms with Gasteiger partial charge in [-0.3, -0.25) is 24.6 Å². The van der Waals surface area contributed by atoms with Crippen molar-refractivity contribution < 1.29 is 28.7 Å². The first-order chi connectivity index (χ1) is 19.3. The minimum absolute atomic E-state index is 0.143. The summed E-state index contributed by atoms with van der Waals surface area (Å²) >= 11 is 5.81. The van der Waals surface area contributed by atoms with Crippen LogP contribution in [0.5, 0.6) is 0 Å². The summed E-state index contributed by atoms with van der Waals surface area (Å²) in [6.45, 7) is -0.455. The zero-order valence-corrected chi connectivity index (χ0v) is 21.7. The number of rotatable bonds is 8. The van der Waals surface area contributed by atoms with Crippen LogP contribution in [0.1, 0.15) is 37.5 Å². The van der Waals surface area contributed by atoms with Gasteiger partial charge in [0.2, 0.25) is 5.91 Å². The number of halogens is 1. The summed E-state index contributed by atoms with van der Waals surface area (Å²) in [5, 5.41) is 2.37. The van der Waals surface area contributed by atoms with Crippen LogP contribution in [-0.2, 0) is 14.3 Å². The molecule has 0 aliphatic carbocycles. The van der Waals surface area contributed by atoms with E-state index in [4.69, 9.17) is 16.3 Å². The van der Waals surface area contributed by atoms with Gasteiger partial charge in [-0.15, -0.1) is 0 Å². The molecule has 40 heavy (non-hydrogen) atoms. The Morgan fingerprint density at radius 2 is 1.48 bits per heavy atom. The second kappa shape index (κ2) is 11.5. The van der Waals surface area contributed by atoms with Crippen molar-refractivity contribution in [1.82, 2.24) is 10.9 Å². The van der Waals surface area contributed by atoms with Gasteiger partial charge in [0.25, 0.3) is 11.8 Å². The van der Waals surface area contributed by atoms with Gasteiger partial charge in [-0.2, -0.15) is 0 Å². The Morgan fingerprint density at radius 1 is 0.825 bits per heavy atom. The molecule has 0 radical (unpaired) electrons.